The van der Waals surface area contributed by atoms with Crippen LogP contribution in [0.2, 0.25) is 0 Å². The number of benzene rings is 9. The number of rotatable bonds is 9. The van der Waals surface area contributed by atoms with Crippen molar-refractivity contribution in [3.8, 4) is 22.6 Å². The van der Waals surface area contributed by atoms with Gasteiger partial charge in [0.2, 0.25) is 0 Å². The summed E-state index contributed by atoms with van der Waals surface area (Å²) in [5.41, 5.74) is 14.4. The summed E-state index contributed by atoms with van der Waals surface area (Å²) in [5.74, 6) is 1.90. The molecule has 5 heteroatoms. The second-order valence-corrected chi connectivity index (χ2v) is 16.9. The molecule has 62 heavy (non-hydrogen) atoms. The monoisotopic (exact) mass is 818 g/mol. The Morgan fingerprint density at radius 1 is 0.419 bits per heavy atom. The average molecular weight is 819 g/mol. The second-order valence-electron chi connectivity index (χ2n) is 15.8. The molecule has 9 aromatic carbocycles. The van der Waals surface area contributed by atoms with E-state index in [0.29, 0.717) is 0 Å². The SMILES string of the molecule is Cc1ccc(N(c2ccccc2)c2ccc3c(c2)Sc2ccc(N(c4ccccc4)c4ccc5c(c4)oc4ccccc45)cc2O3)cc1-c1ccccc1C(C)c1ccccc1. The molecule has 0 N–H and O–H groups in total. The lowest BCUT2D eigenvalue weighted by atomic mass is 9.86. The van der Waals surface area contributed by atoms with Gasteiger partial charge >= 0.3 is 0 Å². The number of hydrogen-bond acceptors (Lipinski definition) is 5. The molecule has 0 fully saturated rings. The van der Waals surface area contributed by atoms with Crippen LogP contribution in [0, 0.1) is 6.92 Å². The van der Waals surface area contributed by atoms with E-state index >= 15 is 0 Å². The van der Waals surface area contributed by atoms with Gasteiger partial charge in [-0.2, -0.15) is 0 Å². The molecule has 1 aliphatic heterocycles. The molecular formula is C57H42N2O2S. The van der Waals surface area contributed by atoms with Crippen molar-refractivity contribution in [1.82, 2.24) is 0 Å². The Morgan fingerprint density at radius 3 is 1.77 bits per heavy atom. The van der Waals surface area contributed by atoms with Gasteiger partial charge in [0.05, 0.1) is 9.79 Å². The summed E-state index contributed by atoms with van der Waals surface area (Å²) in [7, 11) is 0. The predicted octanol–water partition coefficient (Wildman–Crippen LogP) is 16.9. The highest BCUT2D eigenvalue weighted by Gasteiger charge is 2.24. The zero-order valence-electron chi connectivity index (χ0n) is 34.4. The van der Waals surface area contributed by atoms with Gasteiger partial charge in [-0.25, -0.2) is 0 Å². The fourth-order valence-electron chi connectivity index (χ4n) is 8.82. The minimum absolute atomic E-state index is 0.241. The molecule has 4 nitrogen and oxygen atoms in total. The maximum atomic E-state index is 6.78. The van der Waals surface area contributed by atoms with Crippen molar-refractivity contribution in [2.24, 2.45) is 0 Å². The van der Waals surface area contributed by atoms with Crippen LogP contribution >= 0.6 is 11.8 Å². The predicted molar refractivity (Wildman–Crippen MR) is 258 cm³/mol. The molecule has 1 unspecified atom stereocenters. The van der Waals surface area contributed by atoms with E-state index < -0.39 is 0 Å². The van der Waals surface area contributed by atoms with E-state index in [1.54, 1.807) is 11.8 Å². The highest BCUT2D eigenvalue weighted by Crippen LogP contribution is 2.52. The second kappa shape index (κ2) is 15.9. The van der Waals surface area contributed by atoms with E-state index in [0.717, 1.165) is 77.4 Å². The summed E-state index contributed by atoms with van der Waals surface area (Å²) < 4.78 is 13.1. The molecule has 298 valence electrons. The number of anilines is 6. The first-order chi connectivity index (χ1) is 30.6. The van der Waals surface area contributed by atoms with Crippen molar-refractivity contribution < 1.29 is 9.15 Å². The molecule has 0 radical (unpaired) electrons. The fourth-order valence-corrected chi connectivity index (χ4v) is 9.78. The highest BCUT2D eigenvalue weighted by molar-refractivity contribution is 7.99. The summed E-state index contributed by atoms with van der Waals surface area (Å²) in [6, 6.07) is 75.3. The number of hydrogen-bond donors (Lipinski definition) is 0. The van der Waals surface area contributed by atoms with Crippen molar-refractivity contribution >= 4 is 67.8 Å². The van der Waals surface area contributed by atoms with Crippen molar-refractivity contribution in [2.45, 2.75) is 29.6 Å². The molecule has 0 saturated heterocycles. The summed E-state index contributed by atoms with van der Waals surface area (Å²) in [6.45, 7) is 4.52. The van der Waals surface area contributed by atoms with Crippen LogP contribution in [0.5, 0.6) is 11.5 Å². The lowest BCUT2D eigenvalue weighted by Gasteiger charge is -2.29. The molecule has 0 aliphatic carbocycles. The van der Waals surface area contributed by atoms with Crippen LogP contribution in [0.1, 0.15) is 29.5 Å². The standard InChI is InChI=1S/C57H42N2O2S/c1-38-26-27-43(34-51(38)48-23-13-12-22-47(48)39(2)40-16-6-3-7-17-40)58(41-18-8-4-9-19-41)46-29-32-53-57(37-46)62-56-33-30-45(36-55(56)61-53)59(42-20-10-5-11-21-42)44-28-31-50-49-24-14-15-25-52(49)60-54(50)35-44/h3-37,39H,1-2H3. The Labute approximate surface area is 366 Å². The van der Waals surface area contributed by atoms with Gasteiger partial charge < -0.3 is 19.0 Å². The van der Waals surface area contributed by atoms with Gasteiger partial charge in [-0.15, -0.1) is 0 Å². The third-order valence-corrected chi connectivity index (χ3v) is 13.1. The smallest absolute Gasteiger partial charge is 0.143 e. The van der Waals surface area contributed by atoms with Crippen LogP contribution in [0.15, 0.2) is 227 Å². The van der Waals surface area contributed by atoms with Crippen molar-refractivity contribution in [3.63, 3.8) is 0 Å². The van der Waals surface area contributed by atoms with E-state index in [-0.39, 0.29) is 5.92 Å². The van der Waals surface area contributed by atoms with Crippen LogP contribution < -0.4 is 14.5 Å². The summed E-state index contributed by atoms with van der Waals surface area (Å²) in [4.78, 5) is 6.73. The van der Waals surface area contributed by atoms with Gasteiger partial charge in [-0.05, 0) is 120 Å². The van der Waals surface area contributed by atoms with Crippen LogP contribution in [0.3, 0.4) is 0 Å². The number of para-hydroxylation sites is 3. The maximum Gasteiger partial charge on any atom is 0.143 e. The van der Waals surface area contributed by atoms with Gasteiger partial charge in [0.1, 0.15) is 22.7 Å². The third kappa shape index (κ3) is 6.87. The summed E-state index contributed by atoms with van der Waals surface area (Å²) in [5, 5.41) is 2.22. The van der Waals surface area contributed by atoms with Crippen LogP contribution in [-0.4, -0.2) is 0 Å². The van der Waals surface area contributed by atoms with E-state index in [4.69, 9.17) is 9.15 Å². The first kappa shape index (κ1) is 37.5. The molecule has 2 heterocycles. The van der Waals surface area contributed by atoms with Gasteiger partial charge in [-0.3, -0.25) is 0 Å². The minimum Gasteiger partial charge on any atom is -0.456 e. The molecule has 11 rings (SSSR count). The van der Waals surface area contributed by atoms with E-state index in [1.807, 2.05) is 18.2 Å². The molecule has 1 atom stereocenters. The Morgan fingerprint density at radius 2 is 1.00 bits per heavy atom. The van der Waals surface area contributed by atoms with Gasteiger partial charge in [0.25, 0.3) is 0 Å². The van der Waals surface area contributed by atoms with Crippen LogP contribution in [0.4, 0.5) is 34.1 Å². The average Bonchev–Trinajstić information content (AvgIpc) is 3.70. The van der Waals surface area contributed by atoms with Crippen LogP contribution in [0.25, 0.3) is 33.1 Å². The topological polar surface area (TPSA) is 28.9 Å². The minimum atomic E-state index is 0.241. The molecular weight excluding hydrogens is 777 g/mol. The quantitative estimate of drug-likeness (QED) is 0.145. The number of nitrogens with zero attached hydrogens (tertiary/aromatic N) is 2. The third-order valence-electron chi connectivity index (χ3n) is 12.0. The molecule has 0 amide bonds. The Kier molecular flexibility index (Phi) is 9.59. The molecule has 1 aliphatic rings. The van der Waals surface area contributed by atoms with Crippen LogP contribution in [-0.2, 0) is 0 Å². The van der Waals surface area contributed by atoms with E-state index in [9.17, 15) is 0 Å². The molecule has 10 aromatic rings. The fraction of sp³-hybridized carbons (Fsp3) is 0.0526. The van der Waals surface area contributed by atoms with Gasteiger partial charge in [-0.1, -0.05) is 134 Å². The Bertz CT molecular complexity index is 3240. The molecule has 1 aromatic heterocycles. The van der Waals surface area contributed by atoms with Gasteiger partial charge in [0.15, 0.2) is 0 Å². The van der Waals surface area contributed by atoms with Crippen molar-refractivity contribution in [2.75, 3.05) is 9.80 Å². The zero-order valence-corrected chi connectivity index (χ0v) is 35.2. The normalized spacial score (nSPS) is 12.4. The number of fused-ring (bicyclic) bond motifs is 5. The first-order valence-electron chi connectivity index (χ1n) is 21.1. The van der Waals surface area contributed by atoms with Crippen molar-refractivity contribution in [1.29, 1.82) is 0 Å². The highest BCUT2D eigenvalue weighted by atomic mass is 32.2. The summed E-state index contributed by atoms with van der Waals surface area (Å²) >= 11 is 1.74. The summed E-state index contributed by atoms with van der Waals surface area (Å²) in [6.07, 6.45) is 0. The Balaban J connectivity index is 0.944. The number of ether oxygens (including phenoxy) is 1. The largest absolute Gasteiger partial charge is 0.456 e. The zero-order chi connectivity index (χ0) is 41.6. The Hall–Kier alpha value is -7.47. The lowest BCUT2D eigenvalue weighted by Crippen LogP contribution is -2.11. The molecule has 0 bridgehead atoms. The number of furan rings is 1. The maximum absolute atomic E-state index is 6.78. The first-order valence-corrected chi connectivity index (χ1v) is 21.9. The van der Waals surface area contributed by atoms with Gasteiger partial charge in [0, 0.05) is 62.9 Å². The van der Waals surface area contributed by atoms with Crippen molar-refractivity contribution in [3.05, 3.63) is 229 Å². The number of aryl methyl sites for hydroxylation is 1. The van der Waals surface area contributed by atoms with E-state index in [2.05, 4.69) is 218 Å². The van der Waals surface area contributed by atoms with E-state index in [1.165, 1.54) is 27.8 Å². The lowest BCUT2D eigenvalue weighted by molar-refractivity contribution is 0.455. The molecule has 0 saturated carbocycles. The molecule has 0 spiro atoms.